The van der Waals surface area contributed by atoms with Gasteiger partial charge in [-0.1, -0.05) is 5.16 Å². The lowest BCUT2D eigenvalue weighted by molar-refractivity contribution is -0.141. The Balaban J connectivity index is 1.48. The molecular weight excluding hydrogens is 322 g/mol. The minimum Gasteiger partial charge on any atom is -0.383 e. The van der Waals surface area contributed by atoms with E-state index in [1.807, 2.05) is 13.8 Å². The smallest absolute Gasteiger partial charge is 0.249 e. The predicted molar refractivity (Wildman–Crippen MR) is 92.2 cm³/mol. The van der Waals surface area contributed by atoms with Crippen molar-refractivity contribution in [2.45, 2.75) is 57.8 Å². The molecule has 1 atom stereocenters. The molecule has 25 heavy (non-hydrogen) atoms. The Labute approximate surface area is 149 Å². The lowest BCUT2D eigenvalue weighted by atomic mass is 9.88. The van der Waals surface area contributed by atoms with E-state index in [0.29, 0.717) is 13.2 Å². The molecule has 3 rings (SSSR count). The summed E-state index contributed by atoms with van der Waals surface area (Å²) < 4.78 is 16.4. The van der Waals surface area contributed by atoms with Crippen molar-refractivity contribution < 1.29 is 18.8 Å². The molecule has 3 heterocycles. The molecule has 0 radical (unpaired) electrons. The molecule has 0 saturated carbocycles. The third-order valence-electron chi connectivity index (χ3n) is 5.48. The monoisotopic (exact) mass is 351 g/mol. The van der Waals surface area contributed by atoms with E-state index in [9.17, 15) is 4.79 Å². The number of nitrogens with zero attached hydrogens (tertiary/aromatic N) is 2. The first kappa shape index (κ1) is 18.4. The minimum absolute atomic E-state index is 0.00734. The highest BCUT2D eigenvalue weighted by atomic mass is 16.5. The van der Waals surface area contributed by atoms with Gasteiger partial charge >= 0.3 is 0 Å². The summed E-state index contributed by atoms with van der Waals surface area (Å²) >= 11 is 0. The zero-order valence-electron chi connectivity index (χ0n) is 15.5. The quantitative estimate of drug-likeness (QED) is 0.784. The zero-order chi connectivity index (χ0) is 17.9. The van der Waals surface area contributed by atoms with Crippen LogP contribution >= 0.6 is 0 Å². The Hall–Kier alpha value is -1.44. The number of rotatable bonds is 6. The van der Waals surface area contributed by atoms with Crippen molar-refractivity contribution in [2.75, 3.05) is 33.4 Å². The molecular formula is C18H29N3O4. The van der Waals surface area contributed by atoms with E-state index in [1.165, 1.54) is 5.56 Å². The van der Waals surface area contributed by atoms with Gasteiger partial charge in [-0.25, -0.2) is 0 Å². The Morgan fingerprint density at radius 2 is 2.12 bits per heavy atom. The number of carbonyl (C=O) groups excluding carboxylic acids is 1. The summed E-state index contributed by atoms with van der Waals surface area (Å²) in [5, 5.41) is 6.91. The summed E-state index contributed by atoms with van der Waals surface area (Å²) in [6, 6.07) is 0. The maximum atomic E-state index is 12.2. The number of piperidine rings is 1. The predicted octanol–water partition coefficient (Wildman–Crippen LogP) is 1.57. The number of ether oxygens (including phenoxy) is 2. The van der Waals surface area contributed by atoms with Gasteiger partial charge in [0.1, 0.15) is 11.9 Å². The Morgan fingerprint density at radius 1 is 1.36 bits per heavy atom. The Morgan fingerprint density at radius 3 is 2.76 bits per heavy atom. The Kier molecular flexibility index (Phi) is 5.76. The van der Waals surface area contributed by atoms with E-state index in [2.05, 4.69) is 15.4 Å². The van der Waals surface area contributed by atoms with Crippen molar-refractivity contribution in [1.82, 2.24) is 15.4 Å². The van der Waals surface area contributed by atoms with Gasteiger partial charge in [0.25, 0.3) is 0 Å². The largest absolute Gasteiger partial charge is 0.383 e. The van der Waals surface area contributed by atoms with Gasteiger partial charge in [-0.15, -0.1) is 0 Å². The van der Waals surface area contributed by atoms with Crippen LogP contribution in [0.1, 0.15) is 42.7 Å². The van der Waals surface area contributed by atoms with Gasteiger partial charge in [-0.2, -0.15) is 0 Å². The van der Waals surface area contributed by atoms with E-state index in [4.69, 9.17) is 14.0 Å². The molecule has 0 aromatic carbocycles. The third kappa shape index (κ3) is 4.22. The number of aryl methyl sites for hydroxylation is 2. The standard InChI is InChI=1S/C18H29N3O4/c1-13-15(14(2)25-20-13)12-21-9-6-18(7-10-21)5-4-16(24-18)17(22)19-8-11-23-3/h16H,4-12H2,1-3H3,(H,19,22). The topological polar surface area (TPSA) is 76.8 Å². The second kappa shape index (κ2) is 7.85. The molecule has 7 nitrogen and oxygen atoms in total. The first-order valence-electron chi connectivity index (χ1n) is 9.11. The first-order chi connectivity index (χ1) is 12.0. The van der Waals surface area contributed by atoms with Gasteiger partial charge in [0.2, 0.25) is 5.91 Å². The summed E-state index contributed by atoms with van der Waals surface area (Å²) in [6.45, 7) is 7.84. The lowest BCUT2D eigenvalue weighted by Crippen LogP contribution is -2.45. The summed E-state index contributed by atoms with van der Waals surface area (Å²) in [4.78, 5) is 14.6. The van der Waals surface area contributed by atoms with Gasteiger partial charge in [0.05, 0.1) is 17.9 Å². The molecule has 2 aliphatic heterocycles. The van der Waals surface area contributed by atoms with Crippen LogP contribution in [0.3, 0.4) is 0 Å². The van der Waals surface area contributed by atoms with Crippen molar-refractivity contribution in [3.8, 4) is 0 Å². The van der Waals surface area contributed by atoms with E-state index in [-0.39, 0.29) is 17.6 Å². The van der Waals surface area contributed by atoms with Gasteiger partial charge < -0.3 is 19.3 Å². The molecule has 7 heteroatoms. The van der Waals surface area contributed by atoms with Gasteiger partial charge in [0.15, 0.2) is 0 Å². The average molecular weight is 351 g/mol. The zero-order valence-corrected chi connectivity index (χ0v) is 15.5. The third-order valence-corrected chi connectivity index (χ3v) is 5.48. The van der Waals surface area contributed by atoms with Crippen LogP contribution in [0.25, 0.3) is 0 Å². The summed E-state index contributed by atoms with van der Waals surface area (Å²) in [6.07, 6.45) is 3.40. The number of methoxy groups -OCH3 is 1. The molecule has 2 fully saturated rings. The summed E-state index contributed by atoms with van der Waals surface area (Å²) in [5.41, 5.74) is 2.04. The average Bonchev–Trinajstić information content (AvgIpc) is 3.16. The van der Waals surface area contributed by atoms with E-state index < -0.39 is 0 Å². The molecule has 0 aliphatic carbocycles. The van der Waals surface area contributed by atoms with E-state index in [1.54, 1.807) is 7.11 Å². The number of nitrogens with one attached hydrogen (secondary N) is 1. The number of hydrogen-bond acceptors (Lipinski definition) is 6. The number of amides is 1. The summed E-state index contributed by atoms with van der Waals surface area (Å²) in [5.74, 6) is 0.898. The Bertz CT molecular complexity index is 574. The van der Waals surface area contributed by atoms with Crippen LogP contribution in [0.5, 0.6) is 0 Å². The molecule has 1 spiro atoms. The lowest BCUT2D eigenvalue weighted by Gasteiger charge is -2.39. The van der Waals surface area contributed by atoms with Crippen molar-refractivity contribution in [1.29, 1.82) is 0 Å². The SMILES string of the molecule is COCCNC(=O)C1CCC2(CCN(Cc3c(C)noc3C)CC2)O1. The molecule has 1 amide bonds. The van der Waals surface area contributed by atoms with Gasteiger partial charge in [0, 0.05) is 38.9 Å². The number of likely N-dealkylation sites (tertiary alicyclic amines) is 1. The van der Waals surface area contributed by atoms with Crippen LogP contribution in [-0.4, -0.2) is 61.0 Å². The highest BCUT2D eigenvalue weighted by Crippen LogP contribution is 2.39. The molecule has 1 N–H and O–H groups in total. The van der Waals surface area contributed by atoms with Crippen molar-refractivity contribution >= 4 is 5.91 Å². The van der Waals surface area contributed by atoms with Crippen LogP contribution in [0.15, 0.2) is 4.52 Å². The number of carbonyl (C=O) groups is 1. The number of aromatic nitrogens is 1. The summed E-state index contributed by atoms with van der Waals surface area (Å²) in [7, 11) is 1.63. The van der Waals surface area contributed by atoms with Gasteiger partial charge in [-0.3, -0.25) is 9.69 Å². The molecule has 1 aromatic rings. The van der Waals surface area contributed by atoms with Gasteiger partial charge in [-0.05, 0) is 39.5 Å². The normalized spacial score (nSPS) is 23.2. The number of hydrogen-bond donors (Lipinski definition) is 1. The molecule has 0 bridgehead atoms. The van der Waals surface area contributed by atoms with Crippen LogP contribution in [0, 0.1) is 13.8 Å². The first-order valence-corrected chi connectivity index (χ1v) is 9.11. The molecule has 1 unspecified atom stereocenters. The van der Waals surface area contributed by atoms with Crippen molar-refractivity contribution in [3.05, 3.63) is 17.0 Å². The molecule has 2 aliphatic rings. The van der Waals surface area contributed by atoms with Crippen LogP contribution in [0.4, 0.5) is 0 Å². The molecule has 1 aromatic heterocycles. The maximum absolute atomic E-state index is 12.2. The van der Waals surface area contributed by atoms with E-state index in [0.717, 1.165) is 56.8 Å². The minimum atomic E-state index is -0.314. The highest BCUT2D eigenvalue weighted by molar-refractivity contribution is 5.81. The molecule has 2 saturated heterocycles. The highest BCUT2D eigenvalue weighted by Gasteiger charge is 2.44. The van der Waals surface area contributed by atoms with Crippen LogP contribution in [-0.2, 0) is 20.8 Å². The molecule has 140 valence electrons. The van der Waals surface area contributed by atoms with Crippen molar-refractivity contribution in [2.24, 2.45) is 0 Å². The second-order valence-electron chi connectivity index (χ2n) is 7.19. The fourth-order valence-corrected chi connectivity index (χ4v) is 3.83. The fourth-order valence-electron chi connectivity index (χ4n) is 3.83. The second-order valence-corrected chi connectivity index (χ2v) is 7.19. The van der Waals surface area contributed by atoms with Crippen LogP contribution < -0.4 is 5.32 Å². The van der Waals surface area contributed by atoms with Crippen molar-refractivity contribution in [3.63, 3.8) is 0 Å². The maximum Gasteiger partial charge on any atom is 0.249 e. The van der Waals surface area contributed by atoms with Crippen LogP contribution in [0.2, 0.25) is 0 Å². The fraction of sp³-hybridized carbons (Fsp3) is 0.778. The van der Waals surface area contributed by atoms with E-state index >= 15 is 0 Å².